The minimum atomic E-state index is -0.275. The van der Waals surface area contributed by atoms with E-state index in [9.17, 15) is 4.79 Å². The summed E-state index contributed by atoms with van der Waals surface area (Å²) in [6.07, 6.45) is 8.38. The number of aromatic nitrogens is 4. The van der Waals surface area contributed by atoms with E-state index in [2.05, 4.69) is 33.4 Å². The smallest absolute Gasteiger partial charge is 0.287 e. The summed E-state index contributed by atoms with van der Waals surface area (Å²) in [5.41, 5.74) is 2.59. The van der Waals surface area contributed by atoms with Crippen molar-refractivity contribution >= 4 is 17.3 Å². The van der Waals surface area contributed by atoms with Crippen molar-refractivity contribution in [1.29, 1.82) is 0 Å². The lowest BCUT2D eigenvalue weighted by molar-refractivity contribution is 0.406. The molecule has 3 rings (SSSR count). The maximum Gasteiger partial charge on any atom is 0.287 e. The van der Waals surface area contributed by atoms with Gasteiger partial charge in [0, 0.05) is 30.4 Å². The van der Waals surface area contributed by atoms with Gasteiger partial charge in [-0.3, -0.25) is 4.79 Å². The summed E-state index contributed by atoms with van der Waals surface area (Å²) in [5, 5.41) is 7.60. The van der Waals surface area contributed by atoms with Crippen LogP contribution in [0.25, 0.3) is 0 Å². The minimum absolute atomic E-state index is 0.206. The van der Waals surface area contributed by atoms with Gasteiger partial charge in [-0.05, 0) is 38.2 Å². The molecule has 1 N–H and O–H groups in total. The highest BCUT2D eigenvalue weighted by Crippen LogP contribution is 2.33. The number of nitrogens with one attached hydrogen (secondary N) is 1. The summed E-state index contributed by atoms with van der Waals surface area (Å²) in [6.45, 7) is 2.11. The van der Waals surface area contributed by atoms with E-state index in [0.717, 1.165) is 43.5 Å². The van der Waals surface area contributed by atoms with Crippen LogP contribution in [0.4, 0.5) is 5.69 Å². The van der Waals surface area contributed by atoms with Crippen LogP contribution in [0, 0.1) is 0 Å². The standard InChI is InChI=1S/C17H22ClN5O/c1-3-12-8-14(20-10-19-12)11-4-6-13(7-5-11)22-15-9-21-23(2)17(24)16(15)18/h8-11,13,22H,3-7H2,1-2H3. The summed E-state index contributed by atoms with van der Waals surface area (Å²) >= 11 is 6.12. The van der Waals surface area contributed by atoms with E-state index in [1.54, 1.807) is 19.6 Å². The molecular formula is C17H22ClN5O. The monoisotopic (exact) mass is 347 g/mol. The minimum Gasteiger partial charge on any atom is -0.380 e. The van der Waals surface area contributed by atoms with Gasteiger partial charge >= 0.3 is 0 Å². The molecule has 24 heavy (non-hydrogen) atoms. The Balaban J connectivity index is 1.63. The number of halogens is 1. The van der Waals surface area contributed by atoms with Gasteiger partial charge < -0.3 is 5.32 Å². The average molecular weight is 348 g/mol. The third-order valence-electron chi connectivity index (χ3n) is 4.69. The van der Waals surface area contributed by atoms with E-state index < -0.39 is 0 Å². The molecule has 2 heterocycles. The molecule has 2 aromatic rings. The topological polar surface area (TPSA) is 72.7 Å². The van der Waals surface area contributed by atoms with Crippen LogP contribution in [0.1, 0.15) is 49.9 Å². The van der Waals surface area contributed by atoms with Crippen molar-refractivity contribution in [3.63, 3.8) is 0 Å². The van der Waals surface area contributed by atoms with Crippen LogP contribution in [-0.2, 0) is 13.5 Å². The van der Waals surface area contributed by atoms with Crippen LogP contribution in [0.3, 0.4) is 0 Å². The molecule has 0 amide bonds. The summed E-state index contributed by atoms with van der Waals surface area (Å²) in [6, 6.07) is 2.43. The first-order chi connectivity index (χ1) is 11.6. The first kappa shape index (κ1) is 16.9. The first-order valence-corrected chi connectivity index (χ1v) is 8.75. The molecule has 128 valence electrons. The van der Waals surface area contributed by atoms with Crippen molar-refractivity contribution in [2.45, 2.75) is 51.0 Å². The first-order valence-electron chi connectivity index (χ1n) is 8.37. The molecule has 0 saturated heterocycles. The van der Waals surface area contributed by atoms with Gasteiger partial charge in [-0.1, -0.05) is 18.5 Å². The van der Waals surface area contributed by atoms with Crippen molar-refractivity contribution in [3.05, 3.63) is 45.4 Å². The lowest BCUT2D eigenvalue weighted by Gasteiger charge is -2.29. The van der Waals surface area contributed by atoms with Gasteiger partial charge in [0.15, 0.2) is 0 Å². The fourth-order valence-corrected chi connectivity index (χ4v) is 3.42. The third-order valence-corrected chi connectivity index (χ3v) is 5.06. The molecule has 7 heteroatoms. The highest BCUT2D eigenvalue weighted by molar-refractivity contribution is 6.32. The Morgan fingerprint density at radius 2 is 2.04 bits per heavy atom. The van der Waals surface area contributed by atoms with E-state index in [-0.39, 0.29) is 10.6 Å². The maximum atomic E-state index is 11.8. The Bertz CT molecular complexity index is 768. The zero-order valence-corrected chi connectivity index (χ0v) is 14.8. The largest absolute Gasteiger partial charge is 0.380 e. The highest BCUT2D eigenvalue weighted by Gasteiger charge is 2.24. The number of anilines is 1. The van der Waals surface area contributed by atoms with Gasteiger partial charge in [0.2, 0.25) is 0 Å². The van der Waals surface area contributed by atoms with Crippen LogP contribution in [0.2, 0.25) is 5.02 Å². The summed E-state index contributed by atoms with van der Waals surface area (Å²) < 4.78 is 1.24. The van der Waals surface area contributed by atoms with Crippen LogP contribution >= 0.6 is 11.6 Å². The van der Waals surface area contributed by atoms with Gasteiger partial charge in [0.05, 0.1) is 11.9 Å². The molecule has 0 bridgehead atoms. The summed E-state index contributed by atoms with van der Waals surface area (Å²) in [7, 11) is 1.59. The summed E-state index contributed by atoms with van der Waals surface area (Å²) in [5.74, 6) is 0.480. The number of nitrogens with zero attached hydrogens (tertiary/aromatic N) is 4. The second-order valence-corrected chi connectivity index (χ2v) is 6.66. The van der Waals surface area contributed by atoms with E-state index in [0.29, 0.717) is 17.6 Å². The Morgan fingerprint density at radius 3 is 2.75 bits per heavy atom. The molecule has 6 nitrogen and oxygen atoms in total. The second-order valence-electron chi connectivity index (χ2n) is 6.28. The zero-order chi connectivity index (χ0) is 17.1. The molecular weight excluding hydrogens is 326 g/mol. The molecule has 0 radical (unpaired) electrons. The molecule has 0 aliphatic heterocycles. The van der Waals surface area contributed by atoms with Gasteiger partial charge in [-0.15, -0.1) is 0 Å². The van der Waals surface area contributed by atoms with Crippen molar-refractivity contribution < 1.29 is 0 Å². The second kappa shape index (κ2) is 7.30. The highest BCUT2D eigenvalue weighted by atomic mass is 35.5. The number of hydrogen-bond acceptors (Lipinski definition) is 5. The fourth-order valence-electron chi connectivity index (χ4n) is 3.20. The SMILES string of the molecule is CCc1cc(C2CCC(Nc3cnn(C)c(=O)c3Cl)CC2)ncn1. The Kier molecular flexibility index (Phi) is 5.14. The Morgan fingerprint density at radius 1 is 1.29 bits per heavy atom. The van der Waals surface area contributed by atoms with Crippen molar-refractivity contribution in [2.75, 3.05) is 5.32 Å². The van der Waals surface area contributed by atoms with E-state index >= 15 is 0 Å². The van der Waals surface area contributed by atoms with Gasteiger partial charge in [-0.25, -0.2) is 14.6 Å². The number of hydrogen-bond donors (Lipinski definition) is 1. The third kappa shape index (κ3) is 3.59. The van der Waals surface area contributed by atoms with Crippen LogP contribution in [0.15, 0.2) is 23.4 Å². The van der Waals surface area contributed by atoms with E-state index in [4.69, 9.17) is 11.6 Å². The molecule has 1 fully saturated rings. The molecule has 1 aliphatic rings. The lowest BCUT2D eigenvalue weighted by Crippen LogP contribution is -2.28. The molecule has 0 spiro atoms. The summed E-state index contributed by atoms with van der Waals surface area (Å²) in [4.78, 5) is 20.6. The van der Waals surface area contributed by atoms with Gasteiger partial charge in [0.25, 0.3) is 5.56 Å². The van der Waals surface area contributed by atoms with Crippen LogP contribution < -0.4 is 10.9 Å². The Hall–Kier alpha value is -1.95. The molecule has 0 aromatic carbocycles. The van der Waals surface area contributed by atoms with Crippen LogP contribution in [-0.4, -0.2) is 25.8 Å². The van der Waals surface area contributed by atoms with Gasteiger partial charge in [-0.2, -0.15) is 5.10 Å². The fraction of sp³-hybridized carbons (Fsp3) is 0.529. The number of aryl methyl sites for hydroxylation is 2. The molecule has 0 unspecified atom stereocenters. The van der Waals surface area contributed by atoms with Crippen molar-refractivity contribution in [1.82, 2.24) is 19.7 Å². The lowest BCUT2D eigenvalue weighted by atomic mass is 9.83. The number of rotatable bonds is 4. The van der Waals surface area contributed by atoms with Crippen molar-refractivity contribution in [2.24, 2.45) is 7.05 Å². The van der Waals surface area contributed by atoms with Gasteiger partial charge in [0.1, 0.15) is 11.3 Å². The molecule has 1 aliphatic carbocycles. The predicted octanol–water partition coefficient (Wildman–Crippen LogP) is 2.92. The van der Waals surface area contributed by atoms with E-state index in [1.165, 1.54) is 4.68 Å². The maximum absolute atomic E-state index is 11.8. The quantitative estimate of drug-likeness (QED) is 0.920. The zero-order valence-electron chi connectivity index (χ0n) is 14.0. The molecule has 1 saturated carbocycles. The normalized spacial score (nSPS) is 20.8. The molecule has 2 aromatic heterocycles. The van der Waals surface area contributed by atoms with E-state index in [1.807, 2.05) is 0 Å². The predicted molar refractivity (Wildman–Crippen MR) is 94.5 cm³/mol. The molecule has 0 atom stereocenters. The van der Waals surface area contributed by atoms with Crippen molar-refractivity contribution in [3.8, 4) is 0 Å². The Labute approximate surface area is 146 Å². The average Bonchev–Trinajstić information content (AvgIpc) is 2.63. The van der Waals surface area contributed by atoms with Crippen LogP contribution in [0.5, 0.6) is 0 Å².